The molecular weight excluding hydrogens is 644 g/mol. The summed E-state index contributed by atoms with van der Waals surface area (Å²) in [5.74, 6) is -2.44. The third-order valence-electron chi connectivity index (χ3n) is 9.98. The van der Waals surface area contributed by atoms with Gasteiger partial charge >= 0.3 is 11.9 Å². The maximum Gasteiger partial charge on any atom is 0.306 e. The molecule has 1 aromatic heterocycles. The number of carbonyl (C=O) groups excluding carboxylic acids is 4. The van der Waals surface area contributed by atoms with Gasteiger partial charge in [-0.05, 0) is 61.8 Å². The molecule has 2 aromatic rings. The Hall–Kier alpha value is -3.80. The third-order valence-corrected chi connectivity index (χ3v) is 10.9. The predicted octanol–water partition coefficient (Wildman–Crippen LogP) is 5.40. The van der Waals surface area contributed by atoms with Crippen LogP contribution >= 0.6 is 11.3 Å². The Bertz CT molecular complexity index is 1460. The van der Waals surface area contributed by atoms with Crippen molar-refractivity contribution in [3.8, 4) is 0 Å². The van der Waals surface area contributed by atoms with E-state index in [1.165, 1.54) is 18.3 Å². The van der Waals surface area contributed by atoms with Crippen molar-refractivity contribution < 1.29 is 33.8 Å². The number of hydrogen-bond acceptors (Lipinski definition) is 8. The Labute approximate surface area is 293 Å². The van der Waals surface area contributed by atoms with Gasteiger partial charge in [-0.2, -0.15) is 0 Å². The molecule has 3 N–H and O–H groups in total. The summed E-state index contributed by atoms with van der Waals surface area (Å²) < 4.78 is 5.75. The summed E-state index contributed by atoms with van der Waals surface area (Å²) in [6.07, 6.45) is 4.79. The first-order valence-electron chi connectivity index (χ1n) is 17.5. The Morgan fingerprint density at radius 1 is 1.02 bits per heavy atom. The van der Waals surface area contributed by atoms with E-state index in [-0.39, 0.29) is 54.1 Å². The van der Waals surface area contributed by atoms with Gasteiger partial charge in [0.2, 0.25) is 11.8 Å². The fraction of sp³-hybridized carbons (Fsp3) is 0.622. The van der Waals surface area contributed by atoms with E-state index in [1.54, 1.807) is 24.3 Å². The van der Waals surface area contributed by atoms with Crippen LogP contribution < -0.4 is 10.6 Å². The molecule has 1 unspecified atom stereocenters. The second kappa shape index (κ2) is 17.2. The Morgan fingerprint density at radius 2 is 1.71 bits per heavy atom. The molecule has 49 heavy (non-hydrogen) atoms. The molecule has 4 rings (SSSR count). The van der Waals surface area contributed by atoms with Gasteiger partial charge in [0, 0.05) is 43.8 Å². The highest BCUT2D eigenvalue weighted by molar-refractivity contribution is 7.09. The molecule has 12 heteroatoms. The van der Waals surface area contributed by atoms with E-state index >= 15 is 0 Å². The van der Waals surface area contributed by atoms with Crippen LogP contribution in [0.15, 0.2) is 35.7 Å². The first-order chi connectivity index (χ1) is 23.2. The number of likely N-dealkylation sites (N-methyl/N-ethyl adjacent to an activating group) is 1. The van der Waals surface area contributed by atoms with Crippen molar-refractivity contribution in [1.29, 1.82) is 0 Å². The van der Waals surface area contributed by atoms with Crippen LogP contribution in [0.25, 0.3) is 0 Å². The number of aliphatic carboxylic acids is 1. The van der Waals surface area contributed by atoms with Crippen molar-refractivity contribution in [3.63, 3.8) is 0 Å². The summed E-state index contributed by atoms with van der Waals surface area (Å²) in [6, 6.07) is 8.15. The number of amides is 3. The summed E-state index contributed by atoms with van der Waals surface area (Å²) in [5, 5.41) is 17.6. The molecule has 1 aromatic carbocycles. The number of aromatic nitrogens is 1. The lowest BCUT2D eigenvalue weighted by Crippen LogP contribution is -2.54. The normalized spacial score (nSPS) is 20.5. The summed E-state index contributed by atoms with van der Waals surface area (Å²) in [7, 11) is 1.74. The molecule has 1 heterocycles. The maximum absolute atomic E-state index is 14.0. The number of hydrogen-bond donors (Lipinski definition) is 3. The van der Waals surface area contributed by atoms with Gasteiger partial charge in [-0.1, -0.05) is 64.4 Å². The lowest BCUT2D eigenvalue weighted by molar-refractivity contribution is -0.149. The summed E-state index contributed by atoms with van der Waals surface area (Å²) in [5.41, 5.74) is 1.11. The highest BCUT2D eigenvalue weighted by Gasteiger charge is 2.43. The molecule has 2 aliphatic rings. The number of carboxylic acids is 1. The number of benzene rings is 1. The molecule has 0 radical (unpaired) electrons. The molecule has 2 saturated carbocycles. The van der Waals surface area contributed by atoms with E-state index in [4.69, 9.17) is 4.74 Å². The van der Waals surface area contributed by atoms with E-state index in [1.807, 2.05) is 44.2 Å². The van der Waals surface area contributed by atoms with Crippen LogP contribution in [-0.2, 0) is 30.3 Å². The first kappa shape index (κ1) is 38.0. The quantitative estimate of drug-likeness (QED) is 0.186. The van der Waals surface area contributed by atoms with Crippen molar-refractivity contribution in [1.82, 2.24) is 20.5 Å². The minimum absolute atomic E-state index is 0.0184. The molecule has 0 saturated heterocycles. The van der Waals surface area contributed by atoms with Gasteiger partial charge in [0.1, 0.15) is 16.7 Å². The van der Waals surface area contributed by atoms with Crippen molar-refractivity contribution in [3.05, 3.63) is 52.0 Å². The zero-order chi connectivity index (χ0) is 35.8. The standard InChI is InChI=1S/C37H52N4O7S/c1-21(2)30(41(6)36(45)32(26-15-16-26)40-33(43)28-14-10-11-22(28)3)19-31(48-24(5)42)35-39-29(20-49-35)34(44)38-27(17-23(4)37(46)47)18-25-12-8-7-9-13-25/h7-9,12-13,20-23,26-28,30-32H,10-11,14-19H2,1-6H3,(H,38,44)(H,40,43)(H,46,47)/t22?,23-,27+,28-,30+,31+,32-/m0/s1. The number of nitrogens with zero attached hydrogens (tertiary/aromatic N) is 2. The van der Waals surface area contributed by atoms with Crippen LogP contribution in [0.4, 0.5) is 0 Å². The fourth-order valence-corrected chi connectivity index (χ4v) is 7.74. The molecule has 7 atom stereocenters. The van der Waals surface area contributed by atoms with E-state index in [9.17, 15) is 29.1 Å². The zero-order valence-corrected chi connectivity index (χ0v) is 30.3. The van der Waals surface area contributed by atoms with Crippen LogP contribution in [0.5, 0.6) is 0 Å². The van der Waals surface area contributed by atoms with Gasteiger partial charge in [0.15, 0.2) is 6.10 Å². The zero-order valence-electron chi connectivity index (χ0n) is 29.5. The number of nitrogens with one attached hydrogen (secondary N) is 2. The Balaban J connectivity index is 1.48. The number of rotatable bonds is 17. The molecule has 0 bridgehead atoms. The van der Waals surface area contributed by atoms with Gasteiger partial charge in [-0.25, -0.2) is 4.98 Å². The molecule has 2 fully saturated rings. The van der Waals surface area contributed by atoms with Crippen LogP contribution in [0, 0.1) is 29.6 Å². The number of ether oxygens (including phenoxy) is 1. The van der Waals surface area contributed by atoms with Crippen LogP contribution in [0.3, 0.4) is 0 Å². The topological polar surface area (TPSA) is 155 Å². The number of carboxylic acid groups (broad SMARTS) is 1. The monoisotopic (exact) mass is 696 g/mol. The van der Waals surface area contributed by atoms with E-state index in [0.717, 1.165) is 37.7 Å². The lowest BCUT2D eigenvalue weighted by Gasteiger charge is -2.36. The largest absolute Gasteiger partial charge is 0.481 e. The highest BCUT2D eigenvalue weighted by Crippen LogP contribution is 2.37. The van der Waals surface area contributed by atoms with Crippen LogP contribution in [0.2, 0.25) is 0 Å². The number of esters is 1. The van der Waals surface area contributed by atoms with Gasteiger partial charge in [-0.3, -0.25) is 24.0 Å². The maximum atomic E-state index is 14.0. The molecule has 3 amide bonds. The molecule has 11 nitrogen and oxygen atoms in total. The van der Waals surface area contributed by atoms with Crippen LogP contribution in [0.1, 0.15) is 107 Å². The minimum Gasteiger partial charge on any atom is -0.481 e. The lowest BCUT2D eigenvalue weighted by atomic mass is 9.94. The number of thiazole rings is 1. The van der Waals surface area contributed by atoms with Gasteiger partial charge < -0.3 is 25.4 Å². The Morgan fingerprint density at radius 3 is 2.29 bits per heavy atom. The average molecular weight is 697 g/mol. The number of carbonyl (C=O) groups is 5. The predicted molar refractivity (Wildman–Crippen MR) is 187 cm³/mol. The van der Waals surface area contributed by atoms with Crippen molar-refractivity contribution >= 4 is 41.0 Å². The second-order valence-corrected chi connectivity index (χ2v) is 15.2. The van der Waals surface area contributed by atoms with Crippen LogP contribution in [-0.4, -0.2) is 69.8 Å². The SMILES string of the molecule is CC(=O)O[C@H](C[C@H](C(C)C)N(C)C(=O)[C@@H](NC(=O)[C@H]1CCCC1C)C1CC1)c1nc(C(=O)N[C@@H](Cc2ccccc2)C[C@H](C)C(=O)O)cs1. The summed E-state index contributed by atoms with van der Waals surface area (Å²) >= 11 is 1.19. The first-order valence-corrected chi connectivity index (χ1v) is 18.4. The van der Waals surface area contributed by atoms with E-state index in [2.05, 4.69) is 22.5 Å². The molecule has 0 aliphatic heterocycles. The van der Waals surface area contributed by atoms with E-state index in [0.29, 0.717) is 17.3 Å². The Kier molecular flexibility index (Phi) is 13.4. The smallest absolute Gasteiger partial charge is 0.306 e. The van der Waals surface area contributed by atoms with Crippen molar-refractivity contribution in [2.24, 2.45) is 29.6 Å². The van der Waals surface area contributed by atoms with E-state index < -0.39 is 42.0 Å². The summed E-state index contributed by atoms with van der Waals surface area (Å²) in [6.45, 7) is 9.01. The molecular formula is C37H52N4O7S. The third kappa shape index (κ3) is 10.6. The van der Waals surface area contributed by atoms with Gasteiger partial charge in [-0.15, -0.1) is 11.3 Å². The van der Waals surface area contributed by atoms with Gasteiger partial charge in [0.05, 0.1) is 5.92 Å². The second-order valence-electron chi connectivity index (χ2n) is 14.3. The average Bonchev–Trinajstić information content (AvgIpc) is 3.59. The summed E-state index contributed by atoms with van der Waals surface area (Å²) in [4.78, 5) is 70.8. The van der Waals surface area contributed by atoms with Crippen molar-refractivity contribution in [2.45, 2.75) is 110 Å². The molecule has 0 spiro atoms. The van der Waals surface area contributed by atoms with Crippen molar-refractivity contribution in [2.75, 3.05) is 7.05 Å². The minimum atomic E-state index is -0.940. The molecule has 2 aliphatic carbocycles. The molecule has 268 valence electrons. The fourth-order valence-electron chi connectivity index (χ4n) is 6.90. The van der Waals surface area contributed by atoms with Gasteiger partial charge in [0.25, 0.3) is 5.91 Å². The highest BCUT2D eigenvalue weighted by atomic mass is 32.1.